The summed E-state index contributed by atoms with van der Waals surface area (Å²) in [4.78, 5) is 9.66. The van der Waals surface area contributed by atoms with E-state index in [4.69, 9.17) is 5.11 Å². The predicted molar refractivity (Wildman–Crippen MR) is 28.1 cm³/mol. The number of hydrogen-bond acceptors (Lipinski definition) is 2. The van der Waals surface area contributed by atoms with Crippen molar-refractivity contribution in [3.8, 4) is 0 Å². The number of carbonyl (C=O) groups excluding carboxylic acids is 1. The molecule has 0 fully saturated rings. The second-order valence-electron chi connectivity index (χ2n) is 0.940. The van der Waals surface area contributed by atoms with Crippen molar-refractivity contribution in [1.29, 1.82) is 0 Å². The molecule has 0 heterocycles. The second kappa shape index (κ2) is 5.72. The summed E-state index contributed by atoms with van der Waals surface area (Å²) in [7, 11) is 0. The summed E-state index contributed by atoms with van der Waals surface area (Å²) < 4.78 is 0. The van der Waals surface area contributed by atoms with Gasteiger partial charge in [-0.25, -0.2) is 0 Å². The maximum absolute atomic E-state index is 9.66. The quantitative estimate of drug-likeness (QED) is 0.512. The highest BCUT2D eigenvalue weighted by atomic mass is 35.5. The van der Waals surface area contributed by atoms with Gasteiger partial charge in [0, 0.05) is 6.42 Å². The predicted octanol–water partition coefficient (Wildman–Crippen LogP) is -0.724. The lowest BCUT2D eigenvalue weighted by atomic mass is 10.4. The maximum atomic E-state index is 9.66. The molecule has 0 atom stereocenters. The molecule has 0 aliphatic carbocycles. The van der Waals surface area contributed by atoms with Crippen LogP contribution in [0.3, 0.4) is 0 Å². The maximum Gasteiger partial charge on any atom is 0.219 e. The van der Waals surface area contributed by atoms with Crippen LogP contribution in [0.4, 0.5) is 0 Å². The summed E-state index contributed by atoms with van der Waals surface area (Å²) in [5.74, 6) is -0.461. The van der Waals surface area contributed by atoms with Crippen molar-refractivity contribution < 1.29 is 9.90 Å². The molecule has 3 nitrogen and oxygen atoms in total. The number of rotatable bonds is 2. The van der Waals surface area contributed by atoms with Crippen LogP contribution in [-0.2, 0) is 4.79 Å². The van der Waals surface area contributed by atoms with Gasteiger partial charge in [-0.3, -0.25) is 4.79 Å². The third-order valence-corrected chi connectivity index (χ3v) is 0.358. The van der Waals surface area contributed by atoms with Gasteiger partial charge in [0.25, 0.3) is 0 Å². The Morgan fingerprint density at radius 3 is 2.14 bits per heavy atom. The van der Waals surface area contributed by atoms with Crippen molar-refractivity contribution in [1.82, 2.24) is 0 Å². The average molecular weight is 126 g/mol. The van der Waals surface area contributed by atoms with Crippen molar-refractivity contribution in [2.75, 3.05) is 6.61 Å². The van der Waals surface area contributed by atoms with Crippen LogP contribution in [-0.4, -0.2) is 17.6 Å². The van der Waals surface area contributed by atoms with E-state index < -0.39 is 5.91 Å². The van der Waals surface area contributed by atoms with Crippen LogP contribution in [0.1, 0.15) is 6.42 Å². The van der Waals surface area contributed by atoms with Crippen molar-refractivity contribution in [2.45, 2.75) is 6.42 Å². The Balaban J connectivity index is 0. The smallest absolute Gasteiger partial charge is 0.219 e. The number of amides is 1. The van der Waals surface area contributed by atoms with E-state index in [2.05, 4.69) is 5.73 Å². The molecule has 1 amide bonds. The number of nitrogens with two attached hydrogens (primary N) is 1. The Morgan fingerprint density at radius 1 is 1.71 bits per heavy atom. The normalized spacial score (nSPS) is 7.00. The first kappa shape index (κ1) is 9.87. The van der Waals surface area contributed by atoms with Gasteiger partial charge in [0.15, 0.2) is 0 Å². The van der Waals surface area contributed by atoms with Gasteiger partial charge in [-0.1, -0.05) is 0 Å². The highest BCUT2D eigenvalue weighted by Crippen LogP contribution is 1.66. The van der Waals surface area contributed by atoms with Gasteiger partial charge in [0.1, 0.15) is 0 Å². The minimum atomic E-state index is -0.461. The fourth-order valence-electron chi connectivity index (χ4n) is 0.110. The summed E-state index contributed by atoms with van der Waals surface area (Å²) in [6, 6.07) is 0. The highest BCUT2D eigenvalue weighted by molar-refractivity contribution is 5.85. The van der Waals surface area contributed by atoms with E-state index >= 15 is 0 Å². The van der Waals surface area contributed by atoms with E-state index in [-0.39, 0.29) is 25.4 Å². The number of hydrogen-bond donors (Lipinski definition) is 2. The molecular formula is C3H8ClNO2. The molecule has 0 bridgehead atoms. The van der Waals surface area contributed by atoms with E-state index in [0.717, 1.165) is 0 Å². The van der Waals surface area contributed by atoms with Gasteiger partial charge in [0.05, 0.1) is 6.61 Å². The van der Waals surface area contributed by atoms with Gasteiger partial charge in [0.2, 0.25) is 5.91 Å². The molecule has 0 saturated heterocycles. The van der Waals surface area contributed by atoms with Crippen LogP contribution < -0.4 is 5.73 Å². The van der Waals surface area contributed by atoms with Gasteiger partial charge in [-0.15, -0.1) is 12.4 Å². The first-order valence-electron chi connectivity index (χ1n) is 1.66. The van der Waals surface area contributed by atoms with E-state index in [9.17, 15) is 4.79 Å². The Morgan fingerprint density at radius 2 is 2.14 bits per heavy atom. The molecule has 0 aromatic rings. The van der Waals surface area contributed by atoms with Crippen LogP contribution in [0.15, 0.2) is 0 Å². The summed E-state index contributed by atoms with van der Waals surface area (Å²) in [5.41, 5.74) is 4.60. The second-order valence-corrected chi connectivity index (χ2v) is 0.940. The summed E-state index contributed by atoms with van der Waals surface area (Å²) in [6.07, 6.45) is 0.0694. The Hall–Kier alpha value is -0.280. The van der Waals surface area contributed by atoms with Crippen LogP contribution in [0.25, 0.3) is 0 Å². The first-order chi connectivity index (χ1) is 2.77. The minimum absolute atomic E-state index is 0. The van der Waals surface area contributed by atoms with Crippen LogP contribution in [0.2, 0.25) is 0 Å². The average Bonchev–Trinajstić information content (AvgIpc) is 1.35. The summed E-state index contributed by atoms with van der Waals surface area (Å²) in [6.45, 7) is -0.144. The minimum Gasteiger partial charge on any atom is -0.396 e. The Bertz CT molecular complexity index is 56.9. The van der Waals surface area contributed by atoms with Crippen LogP contribution in [0.5, 0.6) is 0 Å². The third-order valence-electron chi connectivity index (χ3n) is 0.358. The van der Waals surface area contributed by atoms with Gasteiger partial charge in [-0.05, 0) is 0 Å². The molecule has 0 radical (unpaired) electrons. The van der Waals surface area contributed by atoms with E-state index in [1.165, 1.54) is 0 Å². The number of carbonyl (C=O) groups is 1. The van der Waals surface area contributed by atoms with E-state index in [1.807, 2.05) is 0 Å². The molecule has 4 heteroatoms. The van der Waals surface area contributed by atoms with Crippen LogP contribution >= 0.6 is 12.4 Å². The summed E-state index contributed by atoms with van der Waals surface area (Å²) >= 11 is 0. The monoisotopic (exact) mass is 125 g/mol. The van der Waals surface area contributed by atoms with Gasteiger partial charge in [-0.2, -0.15) is 0 Å². The third kappa shape index (κ3) is 10.7. The van der Waals surface area contributed by atoms with Crippen LogP contribution in [0, 0.1) is 0 Å². The van der Waals surface area contributed by atoms with E-state index in [0.29, 0.717) is 0 Å². The number of primary amides is 1. The zero-order chi connectivity index (χ0) is 4.99. The SMILES string of the molecule is Cl.NC(=O)CCO. The lowest BCUT2D eigenvalue weighted by Gasteiger charge is -1.81. The molecule has 7 heavy (non-hydrogen) atoms. The Labute approximate surface area is 47.9 Å². The lowest BCUT2D eigenvalue weighted by molar-refractivity contribution is -0.118. The topological polar surface area (TPSA) is 63.3 Å². The number of halogens is 1. The number of aliphatic hydroxyl groups is 1. The Kier molecular flexibility index (Phi) is 8.06. The molecule has 0 unspecified atom stereocenters. The molecule has 0 aliphatic rings. The number of aliphatic hydroxyl groups excluding tert-OH is 1. The molecule has 0 saturated carbocycles. The molecule has 0 aromatic heterocycles. The molecule has 3 N–H and O–H groups in total. The molecule has 44 valence electrons. The lowest BCUT2D eigenvalue weighted by Crippen LogP contribution is -2.11. The highest BCUT2D eigenvalue weighted by Gasteiger charge is 1.85. The van der Waals surface area contributed by atoms with Crippen molar-refractivity contribution in [2.24, 2.45) is 5.73 Å². The summed E-state index contributed by atoms with van der Waals surface area (Å²) in [5, 5.41) is 7.94. The largest absolute Gasteiger partial charge is 0.396 e. The van der Waals surface area contributed by atoms with Gasteiger partial charge >= 0.3 is 0 Å². The van der Waals surface area contributed by atoms with E-state index in [1.54, 1.807) is 0 Å². The van der Waals surface area contributed by atoms with Crippen molar-refractivity contribution in [3.63, 3.8) is 0 Å². The molecule has 0 rings (SSSR count). The fraction of sp³-hybridized carbons (Fsp3) is 0.667. The zero-order valence-electron chi connectivity index (χ0n) is 3.76. The fourth-order valence-corrected chi connectivity index (χ4v) is 0.110. The first-order valence-corrected chi connectivity index (χ1v) is 1.66. The molecule has 0 spiro atoms. The standard InChI is InChI=1S/C3H7NO2.ClH/c4-3(6)1-2-5;/h5H,1-2H2,(H2,4,6);1H. The molecular weight excluding hydrogens is 117 g/mol. The van der Waals surface area contributed by atoms with Crippen molar-refractivity contribution >= 4 is 18.3 Å². The molecule has 0 aromatic carbocycles. The zero-order valence-corrected chi connectivity index (χ0v) is 4.57. The van der Waals surface area contributed by atoms with Crippen molar-refractivity contribution in [3.05, 3.63) is 0 Å². The molecule has 0 aliphatic heterocycles. The van der Waals surface area contributed by atoms with Gasteiger partial charge < -0.3 is 10.8 Å².